The lowest BCUT2D eigenvalue weighted by atomic mass is 10.2. The zero-order valence-electron chi connectivity index (χ0n) is 8.81. The van der Waals surface area contributed by atoms with Gasteiger partial charge in [-0.3, -0.25) is 0 Å². The highest BCUT2D eigenvalue weighted by molar-refractivity contribution is 5.37. The van der Waals surface area contributed by atoms with Gasteiger partial charge in [-0.05, 0) is 13.0 Å². The molecule has 3 nitrogen and oxygen atoms in total. The zero-order valence-corrected chi connectivity index (χ0v) is 8.81. The zero-order chi connectivity index (χ0) is 13.2. The third-order valence-electron chi connectivity index (χ3n) is 1.80. The molecule has 0 radical (unpaired) electrons. The first-order valence-corrected chi connectivity index (χ1v) is 4.34. The highest BCUT2D eigenvalue weighted by Gasteiger charge is 2.33. The van der Waals surface area contributed by atoms with Crippen LogP contribution in [0.15, 0.2) is 6.07 Å². The second-order valence-electron chi connectivity index (χ2n) is 3.06. The van der Waals surface area contributed by atoms with Gasteiger partial charge in [0.2, 0.25) is 11.8 Å². The first-order chi connectivity index (χ1) is 7.74. The molecule has 0 aromatic carbocycles. The minimum Gasteiger partial charge on any atom is -0.481 e. The molecule has 17 heavy (non-hydrogen) atoms. The lowest BCUT2D eigenvalue weighted by molar-refractivity contribution is -0.276. The number of aromatic nitrogens is 1. The normalized spacial score (nSPS) is 11.8. The first kappa shape index (κ1) is 13.5. The quantitative estimate of drug-likeness (QED) is 0.779. The van der Waals surface area contributed by atoms with E-state index in [0.717, 1.165) is 13.2 Å². The molecule has 0 aliphatic heterocycles. The summed E-state index contributed by atoms with van der Waals surface area (Å²) in [4.78, 5) is 3.25. The maximum Gasteiger partial charge on any atom is 0.574 e. The number of hydrogen-bond acceptors (Lipinski definition) is 3. The van der Waals surface area contributed by atoms with Gasteiger partial charge in [-0.2, -0.15) is 4.98 Å². The van der Waals surface area contributed by atoms with Gasteiger partial charge in [0, 0.05) is 5.56 Å². The van der Waals surface area contributed by atoms with Gasteiger partial charge in [0.25, 0.3) is 6.43 Å². The van der Waals surface area contributed by atoms with Gasteiger partial charge in [0.05, 0.1) is 12.7 Å². The second kappa shape index (κ2) is 4.72. The average molecular weight is 257 g/mol. The number of alkyl halides is 5. The van der Waals surface area contributed by atoms with Crippen LogP contribution in [0.25, 0.3) is 0 Å². The van der Waals surface area contributed by atoms with E-state index in [2.05, 4.69) is 14.5 Å². The smallest absolute Gasteiger partial charge is 0.481 e. The number of methoxy groups -OCH3 is 1. The van der Waals surface area contributed by atoms with Crippen molar-refractivity contribution in [3.05, 3.63) is 17.2 Å². The van der Waals surface area contributed by atoms with Crippen molar-refractivity contribution < 1.29 is 31.4 Å². The fourth-order valence-corrected chi connectivity index (χ4v) is 1.13. The van der Waals surface area contributed by atoms with Crippen molar-refractivity contribution in [2.45, 2.75) is 19.7 Å². The maximum atomic E-state index is 12.5. The summed E-state index contributed by atoms with van der Waals surface area (Å²) in [6.07, 6.45) is -7.83. The topological polar surface area (TPSA) is 31.4 Å². The van der Waals surface area contributed by atoms with Crippen molar-refractivity contribution >= 4 is 0 Å². The Bertz CT molecular complexity index is 405. The van der Waals surface area contributed by atoms with Crippen LogP contribution >= 0.6 is 0 Å². The van der Waals surface area contributed by atoms with E-state index in [-0.39, 0.29) is 5.56 Å². The molecule has 96 valence electrons. The molecule has 1 heterocycles. The van der Waals surface area contributed by atoms with Crippen LogP contribution in [-0.2, 0) is 0 Å². The molecule has 1 aromatic heterocycles. The van der Waals surface area contributed by atoms with Gasteiger partial charge in [-0.25, -0.2) is 8.78 Å². The molecule has 0 aliphatic rings. The van der Waals surface area contributed by atoms with Gasteiger partial charge >= 0.3 is 6.36 Å². The average Bonchev–Trinajstić information content (AvgIpc) is 2.18. The van der Waals surface area contributed by atoms with Crippen molar-refractivity contribution in [2.75, 3.05) is 7.11 Å². The van der Waals surface area contributed by atoms with Crippen LogP contribution in [0.1, 0.15) is 17.6 Å². The van der Waals surface area contributed by atoms with Crippen molar-refractivity contribution in [1.29, 1.82) is 0 Å². The van der Waals surface area contributed by atoms with Crippen molar-refractivity contribution in [2.24, 2.45) is 0 Å². The van der Waals surface area contributed by atoms with E-state index >= 15 is 0 Å². The Balaban J connectivity index is 3.18. The summed E-state index contributed by atoms with van der Waals surface area (Å²) in [5, 5.41) is 0. The van der Waals surface area contributed by atoms with Crippen LogP contribution in [0.5, 0.6) is 11.8 Å². The van der Waals surface area contributed by atoms with Crippen LogP contribution < -0.4 is 9.47 Å². The summed E-state index contributed by atoms with van der Waals surface area (Å²) in [5.74, 6) is -1.40. The summed E-state index contributed by atoms with van der Waals surface area (Å²) in [6, 6.07) is 0.845. The molecule has 0 fully saturated rings. The lowest BCUT2D eigenvalue weighted by Gasteiger charge is -2.13. The number of rotatable bonds is 3. The molecular formula is C9H8F5NO2. The molecule has 0 spiro atoms. The number of ether oxygens (including phenoxy) is 2. The molecule has 0 saturated heterocycles. The molecule has 0 bridgehead atoms. The Morgan fingerprint density at radius 2 is 1.82 bits per heavy atom. The minimum absolute atomic E-state index is 0.154. The van der Waals surface area contributed by atoms with Gasteiger partial charge in [-0.15, -0.1) is 13.2 Å². The summed E-state index contributed by atoms with van der Waals surface area (Å²) in [5.41, 5.74) is -0.738. The standard InChI is InChI=1S/C9H8F5NO2/c1-4-3-5(6(10)11)8(16-2)15-7(4)17-9(12,13)14/h3,6H,1-2H3. The van der Waals surface area contributed by atoms with Crippen LogP contribution in [0.2, 0.25) is 0 Å². The predicted octanol–water partition coefficient (Wildman–Crippen LogP) is 3.23. The van der Waals surface area contributed by atoms with E-state index in [1.165, 1.54) is 6.92 Å². The number of halogens is 5. The first-order valence-electron chi connectivity index (χ1n) is 4.34. The molecule has 0 saturated carbocycles. The van der Waals surface area contributed by atoms with Crippen LogP contribution in [0, 0.1) is 6.92 Å². The monoisotopic (exact) mass is 257 g/mol. The Morgan fingerprint density at radius 1 is 1.24 bits per heavy atom. The fourth-order valence-electron chi connectivity index (χ4n) is 1.13. The number of aryl methyl sites for hydroxylation is 1. The molecule has 0 N–H and O–H groups in total. The molecule has 1 aromatic rings. The van der Waals surface area contributed by atoms with Gasteiger partial charge in [0.1, 0.15) is 0 Å². The van der Waals surface area contributed by atoms with Crippen LogP contribution in [0.4, 0.5) is 22.0 Å². The fraction of sp³-hybridized carbons (Fsp3) is 0.444. The predicted molar refractivity (Wildman–Crippen MR) is 47.2 cm³/mol. The second-order valence-corrected chi connectivity index (χ2v) is 3.06. The van der Waals surface area contributed by atoms with E-state index in [4.69, 9.17) is 0 Å². The molecule has 1 rings (SSSR count). The number of hydrogen-bond donors (Lipinski definition) is 0. The van der Waals surface area contributed by atoms with E-state index in [1.54, 1.807) is 0 Å². The van der Waals surface area contributed by atoms with Crippen molar-refractivity contribution in [3.8, 4) is 11.8 Å². The Labute approximate surface area is 93.2 Å². The van der Waals surface area contributed by atoms with Crippen molar-refractivity contribution in [1.82, 2.24) is 4.98 Å². The van der Waals surface area contributed by atoms with Crippen LogP contribution in [-0.4, -0.2) is 18.5 Å². The summed E-state index contributed by atoms with van der Waals surface area (Å²) in [7, 11) is 1.03. The highest BCUT2D eigenvalue weighted by atomic mass is 19.4. The molecule has 0 unspecified atom stereocenters. The summed E-state index contributed by atoms with van der Waals surface area (Å²) in [6.45, 7) is 1.18. The molecular weight excluding hydrogens is 249 g/mol. The summed E-state index contributed by atoms with van der Waals surface area (Å²) < 4.78 is 68.9. The van der Waals surface area contributed by atoms with Gasteiger partial charge < -0.3 is 9.47 Å². The van der Waals surface area contributed by atoms with E-state index in [0.29, 0.717) is 0 Å². The highest BCUT2D eigenvalue weighted by Crippen LogP contribution is 2.33. The van der Waals surface area contributed by atoms with E-state index < -0.39 is 30.1 Å². The summed E-state index contributed by atoms with van der Waals surface area (Å²) >= 11 is 0. The van der Waals surface area contributed by atoms with Crippen molar-refractivity contribution in [3.63, 3.8) is 0 Å². The molecule has 0 aliphatic carbocycles. The van der Waals surface area contributed by atoms with Crippen LogP contribution in [0.3, 0.4) is 0 Å². The molecule has 0 atom stereocenters. The third kappa shape index (κ3) is 3.43. The Morgan fingerprint density at radius 3 is 2.24 bits per heavy atom. The SMILES string of the molecule is COc1nc(OC(F)(F)F)c(C)cc1C(F)F. The van der Waals surface area contributed by atoms with E-state index in [9.17, 15) is 22.0 Å². The van der Waals surface area contributed by atoms with Gasteiger partial charge in [0.15, 0.2) is 0 Å². The Hall–Kier alpha value is -1.60. The number of nitrogens with zero attached hydrogens (tertiary/aromatic N) is 1. The maximum absolute atomic E-state index is 12.5. The Kier molecular flexibility index (Phi) is 3.74. The minimum atomic E-state index is -4.94. The van der Waals surface area contributed by atoms with E-state index in [1.807, 2.05) is 0 Å². The molecule has 0 amide bonds. The largest absolute Gasteiger partial charge is 0.574 e. The van der Waals surface area contributed by atoms with Gasteiger partial charge in [-0.1, -0.05) is 0 Å². The lowest BCUT2D eigenvalue weighted by Crippen LogP contribution is -2.19. The third-order valence-corrected chi connectivity index (χ3v) is 1.80. The number of pyridine rings is 1. The molecule has 8 heteroatoms.